The zero-order valence-corrected chi connectivity index (χ0v) is 6.95. The van der Waals surface area contributed by atoms with Crippen LogP contribution in [-0.2, 0) is 7.05 Å². The van der Waals surface area contributed by atoms with Gasteiger partial charge in [-0.1, -0.05) is 0 Å². The Morgan fingerprint density at radius 2 is 2.58 bits per heavy atom. The molecule has 3 nitrogen and oxygen atoms in total. The van der Waals surface area contributed by atoms with Crippen LogP contribution in [0.15, 0.2) is 12.4 Å². The maximum Gasteiger partial charge on any atom is 0.199 e. The minimum atomic E-state index is 0.000417. The third kappa shape index (κ3) is 1.73. The Kier molecular flexibility index (Phi) is 2.65. The Hall–Kier alpha value is -1.56. The lowest BCUT2D eigenvalue weighted by molar-refractivity contribution is 0.0971. The molecule has 3 heteroatoms. The van der Waals surface area contributed by atoms with E-state index in [1.165, 1.54) is 0 Å². The minimum Gasteiger partial charge on any atom is -0.332 e. The fourth-order valence-electron chi connectivity index (χ4n) is 0.932. The number of aryl methyl sites for hydroxylation is 1. The Labute approximate surface area is 71.4 Å². The number of Topliss-reactive ketones (excluding diaryl/α,β-unsaturated/α-hetero) is 1. The van der Waals surface area contributed by atoms with Crippen LogP contribution in [0.5, 0.6) is 0 Å². The number of ketones is 1. The third-order valence-corrected chi connectivity index (χ3v) is 1.57. The molecule has 0 aliphatic carbocycles. The van der Waals surface area contributed by atoms with Gasteiger partial charge in [-0.25, -0.2) is 4.98 Å². The van der Waals surface area contributed by atoms with Gasteiger partial charge in [-0.05, 0) is 0 Å². The largest absolute Gasteiger partial charge is 0.332 e. The molecule has 0 saturated heterocycles. The van der Waals surface area contributed by atoms with Gasteiger partial charge in [-0.2, -0.15) is 0 Å². The van der Waals surface area contributed by atoms with Gasteiger partial charge in [0, 0.05) is 32.3 Å². The number of rotatable bonds is 3. The number of hydrogen-bond acceptors (Lipinski definition) is 2. The van der Waals surface area contributed by atoms with E-state index in [0.717, 1.165) is 0 Å². The molecule has 1 aromatic rings. The molecule has 62 valence electrons. The van der Waals surface area contributed by atoms with Crippen molar-refractivity contribution in [1.82, 2.24) is 9.55 Å². The van der Waals surface area contributed by atoms with E-state index in [9.17, 15) is 4.79 Å². The molecule has 0 atom stereocenters. The molecule has 0 spiro atoms. The number of carbonyl (C=O) groups is 1. The molecule has 0 bridgehead atoms. The Morgan fingerprint density at radius 3 is 3.08 bits per heavy atom. The summed E-state index contributed by atoms with van der Waals surface area (Å²) in [7, 11) is 1.79. The lowest BCUT2D eigenvalue weighted by Crippen LogP contribution is -2.06. The molecule has 0 amide bonds. The van der Waals surface area contributed by atoms with Crippen LogP contribution < -0.4 is 0 Å². The van der Waals surface area contributed by atoms with Gasteiger partial charge < -0.3 is 4.57 Å². The molecule has 0 saturated carbocycles. The van der Waals surface area contributed by atoms with Gasteiger partial charge in [0.25, 0.3) is 0 Å². The zero-order chi connectivity index (χ0) is 8.97. The molecule has 0 aromatic carbocycles. The molecule has 0 fully saturated rings. The Balaban J connectivity index is 2.67. The van der Waals surface area contributed by atoms with Crippen molar-refractivity contribution >= 4 is 5.78 Å². The first-order valence-corrected chi connectivity index (χ1v) is 3.69. The van der Waals surface area contributed by atoms with Gasteiger partial charge in [-0.15, -0.1) is 12.3 Å². The second-order valence-corrected chi connectivity index (χ2v) is 2.49. The molecular formula is C9H10N2O. The van der Waals surface area contributed by atoms with Crippen molar-refractivity contribution in [3.05, 3.63) is 18.2 Å². The highest BCUT2D eigenvalue weighted by atomic mass is 16.1. The van der Waals surface area contributed by atoms with Crippen molar-refractivity contribution in [3.63, 3.8) is 0 Å². The zero-order valence-electron chi connectivity index (χ0n) is 6.95. The van der Waals surface area contributed by atoms with Gasteiger partial charge in [0.1, 0.15) is 0 Å². The lowest BCUT2D eigenvalue weighted by atomic mass is 10.2. The molecule has 0 aliphatic rings. The van der Waals surface area contributed by atoms with Crippen LogP contribution in [-0.4, -0.2) is 15.3 Å². The van der Waals surface area contributed by atoms with Gasteiger partial charge >= 0.3 is 0 Å². The summed E-state index contributed by atoms with van der Waals surface area (Å²) < 4.78 is 1.69. The van der Waals surface area contributed by atoms with Gasteiger partial charge in [0.05, 0.1) is 0 Å². The first-order chi connectivity index (χ1) is 5.75. The molecule has 0 aliphatic heterocycles. The smallest absolute Gasteiger partial charge is 0.199 e. The van der Waals surface area contributed by atoms with E-state index in [2.05, 4.69) is 10.9 Å². The molecule has 12 heavy (non-hydrogen) atoms. The Morgan fingerprint density at radius 1 is 1.83 bits per heavy atom. The van der Waals surface area contributed by atoms with E-state index in [-0.39, 0.29) is 5.78 Å². The second kappa shape index (κ2) is 3.72. The number of carbonyl (C=O) groups excluding carboxylic acids is 1. The van der Waals surface area contributed by atoms with Gasteiger partial charge in [0.15, 0.2) is 11.6 Å². The summed E-state index contributed by atoms with van der Waals surface area (Å²) in [6.07, 6.45) is 9.23. The molecule has 0 unspecified atom stereocenters. The fraction of sp³-hybridized carbons (Fsp3) is 0.333. The number of terminal acetylenes is 1. The maximum absolute atomic E-state index is 11.3. The summed E-state index contributed by atoms with van der Waals surface area (Å²) in [6.45, 7) is 0. The van der Waals surface area contributed by atoms with Crippen molar-refractivity contribution in [2.75, 3.05) is 0 Å². The van der Waals surface area contributed by atoms with Crippen LogP contribution in [0.25, 0.3) is 0 Å². The predicted molar refractivity (Wildman–Crippen MR) is 45.6 cm³/mol. The normalized spacial score (nSPS) is 9.33. The van der Waals surface area contributed by atoms with E-state index in [4.69, 9.17) is 6.42 Å². The van der Waals surface area contributed by atoms with Crippen molar-refractivity contribution in [1.29, 1.82) is 0 Å². The number of nitrogens with zero attached hydrogens (tertiary/aromatic N) is 2. The highest BCUT2D eigenvalue weighted by Gasteiger charge is 2.08. The van der Waals surface area contributed by atoms with E-state index >= 15 is 0 Å². The summed E-state index contributed by atoms with van der Waals surface area (Å²) in [4.78, 5) is 15.2. The first kappa shape index (κ1) is 8.54. The van der Waals surface area contributed by atoms with Gasteiger partial charge in [0.2, 0.25) is 0 Å². The van der Waals surface area contributed by atoms with Crippen molar-refractivity contribution in [2.24, 2.45) is 7.05 Å². The average Bonchev–Trinajstić information content (AvgIpc) is 2.47. The van der Waals surface area contributed by atoms with Crippen LogP contribution in [0.4, 0.5) is 0 Å². The predicted octanol–water partition coefficient (Wildman–Crippen LogP) is 1.02. The van der Waals surface area contributed by atoms with E-state index < -0.39 is 0 Å². The molecule has 1 rings (SSSR count). The standard InChI is InChI=1S/C9H10N2O/c1-3-4-5-8(12)9-10-6-7-11(9)2/h1,6-7H,4-5H2,2H3. The summed E-state index contributed by atoms with van der Waals surface area (Å²) >= 11 is 0. The minimum absolute atomic E-state index is 0.000417. The molecule has 1 aromatic heterocycles. The molecule has 0 radical (unpaired) electrons. The van der Waals surface area contributed by atoms with Crippen molar-refractivity contribution in [2.45, 2.75) is 12.8 Å². The SMILES string of the molecule is C#CCCC(=O)c1nccn1C. The monoisotopic (exact) mass is 162 g/mol. The number of imidazole rings is 1. The number of hydrogen-bond donors (Lipinski definition) is 0. The number of aromatic nitrogens is 2. The van der Waals surface area contributed by atoms with Crippen molar-refractivity contribution < 1.29 is 4.79 Å². The van der Waals surface area contributed by atoms with Crippen LogP contribution in [0.2, 0.25) is 0 Å². The average molecular weight is 162 g/mol. The highest BCUT2D eigenvalue weighted by molar-refractivity contribution is 5.92. The van der Waals surface area contributed by atoms with Crippen molar-refractivity contribution in [3.8, 4) is 12.3 Å². The summed E-state index contributed by atoms with van der Waals surface area (Å²) in [5.41, 5.74) is 0. The quantitative estimate of drug-likeness (QED) is 0.491. The topological polar surface area (TPSA) is 34.9 Å². The Bertz CT molecular complexity index is 320. The molecular weight excluding hydrogens is 152 g/mol. The van der Waals surface area contributed by atoms with Crippen LogP contribution in [0.3, 0.4) is 0 Å². The van der Waals surface area contributed by atoms with E-state index in [1.54, 1.807) is 24.0 Å². The third-order valence-electron chi connectivity index (χ3n) is 1.57. The van der Waals surface area contributed by atoms with Crippen LogP contribution in [0.1, 0.15) is 23.5 Å². The van der Waals surface area contributed by atoms with E-state index in [0.29, 0.717) is 18.7 Å². The summed E-state index contributed by atoms with van der Waals surface area (Å²) in [5, 5.41) is 0. The lowest BCUT2D eigenvalue weighted by Gasteiger charge is -1.97. The highest BCUT2D eigenvalue weighted by Crippen LogP contribution is 2.00. The maximum atomic E-state index is 11.3. The molecule has 1 heterocycles. The van der Waals surface area contributed by atoms with Crippen LogP contribution in [0, 0.1) is 12.3 Å². The van der Waals surface area contributed by atoms with Gasteiger partial charge in [-0.3, -0.25) is 4.79 Å². The summed E-state index contributed by atoms with van der Waals surface area (Å²) in [5.74, 6) is 2.90. The summed E-state index contributed by atoms with van der Waals surface area (Å²) in [6, 6.07) is 0. The second-order valence-electron chi connectivity index (χ2n) is 2.49. The fourth-order valence-corrected chi connectivity index (χ4v) is 0.932. The molecule has 0 N–H and O–H groups in total. The van der Waals surface area contributed by atoms with E-state index in [1.807, 2.05) is 0 Å². The van der Waals surface area contributed by atoms with Crippen LogP contribution >= 0.6 is 0 Å². The first-order valence-electron chi connectivity index (χ1n) is 3.69.